The average molecular weight is 196 g/mol. The van der Waals surface area contributed by atoms with E-state index in [0.29, 0.717) is 13.0 Å². The third-order valence-corrected chi connectivity index (χ3v) is 1.69. The molecule has 0 bridgehead atoms. The van der Waals surface area contributed by atoms with Gasteiger partial charge in [0.1, 0.15) is 6.42 Å². The van der Waals surface area contributed by atoms with Crippen molar-refractivity contribution >= 4 is 11.9 Å². The molecule has 0 aliphatic heterocycles. The van der Waals surface area contributed by atoms with Gasteiger partial charge in [-0.3, -0.25) is 9.59 Å². The number of hydrogen-bond acceptors (Lipinski definition) is 2. The smallest absolute Gasteiger partial charge is 0.312 e. The second-order valence-electron chi connectivity index (χ2n) is 2.87. The van der Waals surface area contributed by atoms with Crippen LogP contribution < -0.4 is 5.32 Å². The lowest BCUT2D eigenvalue weighted by Crippen LogP contribution is -2.27. The third kappa shape index (κ3) is 3.75. The summed E-state index contributed by atoms with van der Waals surface area (Å²) in [6.07, 6.45) is 2.01. The molecule has 0 aromatic carbocycles. The lowest BCUT2D eigenvalue weighted by Gasteiger charge is -2.01. The molecule has 0 saturated heterocycles. The summed E-state index contributed by atoms with van der Waals surface area (Å²) in [5, 5.41) is 10.8. The normalized spacial score (nSPS) is 9.71. The average Bonchev–Trinajstić information content (AvgIpc) is 2.55. The maximum Gasteiger partial charge on any atom is 0.312 e. The third-order valence-electron chi connectivity index (χ3n) is 1.69. The van der Waals surface area contributed by atoms with E-state index < -0.39 is 18.3 Å². The molecule has 1 heterocycles. The van der Waals surface area contributed by atoms with Gasteiger partial charge in [0, 0.05) is 24.9 Å². The van der Waals surface area contributed by atoms with E-state index in [-0.39, 0.29) is 0 Å². The lowest BCUT2D eigenvalue weighted by atomic mass is 10.3. The Kier molecular flexibility index (Phi) is 3.72. The summed E-state index contributed by atoms with van der Waals surface area (Å²) < 4.78 is 0. The highest BCUT2D eigenvalue weighted by atomic mass is 16.4. The van der Waals surface area contributed by atoms with Crippen LogP contribution in [0.5, 0.6) is 0 Å². The van der Waals surface area contributed by atoms with Crippen LogP contribution >= 0.6 is 0 Å². The number of carbonyl (C=O) groups excluding carboxylic acids is 1. The van der Waals surface area contributed by atoms with Gasteiger partial charge in [-0.05, 0) is 12.1 Å². The van der Waals surface area contributed by atoms with E-state index in [1.165, 1.54) is 0 Å². The largest absolute Gasteiger partial charge is 0.481 e. The lowest BCUT2D eigenvalue weighted by molar-refractivity contribution is -0.140. The first-order chi connectivity index (χ1) is 6.68. The standard InChI is InChI=1S/C9H12N2O3/c12-8(6-9(13)14)11-5-3-7-2-1-4-10-7/h1-2,4,10H,3,5-6H2,(H,11,12)(H,13,14). The van der Waals surface area contributed by atoms with Crippen molar-refractivity contribution in [2.24, 2.45) is 0 Å². The summed E-state index contributed by atoms with van der Waals surface area (Å²) in [5.41, 5.74) is 1.01. The van der Waals surface area contributed by atoms with Crippen LogP contribution in [0.3, 0.4) is 0 Å². The molecule has 0 aliphatic carbocycles. The summed E-state index contributed by atoms with van der Waals surface area (Å²) in [7, 11) is 0. The zero-order valence-electron chi connectivity index (χ0n) is 7.62. The van der Waals surface area contributed by atoms with Crippen LogP contribution in [0.1, 0.15) is 12.1 Å². The highest BCUT2D eigenvalue weighted by molar-refractivity contribution is 5.93. The fourth-order valence-electron chi connectivity index (χ4n) is 1.06. The second-order valence-corrected chi connectivity index (χ2v) is 2.87. The maximum atomic E-state index is 10.9. The van der Waals surface area contributed by atoms with Gasteiger partial charge >= 0.3 is 5.97 Å². The van der Waals surface area contributed by atoms with E-state index in [2.05, 4.69) is 10.3 Å². The fraction of sp³-hybridized carbons (Fsp3) is 0.333. The molecule has 0 radical (unpaired) electrons. The van der Waals surface area contributed by atoms with Crippen LogP contribution in [0.4, 0.5) is 0 Å². The molecular weight excluding hydrogens is 184 g/mol. The predicted octanol–water partition coefficient (Wildman–Crippen LogP) is 0.148. The van der Waals surface area contributed by atoms with E-state index in [1.54, 1.807) is 6.20 Å². The first-order valence-electron chi connectivity index (χ1n) is 4.29. The number of carboxylic acids is 1. The van der Waals surface area contributed by atoms with Gasteiger partial charge in [0.15, 0.2) is 0 Å². The van der Waals surface area contributed by atoms with Crippen molar-refractivity contribution in [2.75, 3.05) is 6.54 Å². The molecule has 3 N–H and O–H groups in total. The molecule has 14 heavy (non-hydrogen) atoms. The van der Waals surface area contributed by atoms with Gasteiger partial charge in [0.2, 0.25) is 5.91 Å². The molecule has 0 atom stereocenters. The summed E-state index contributed by atoms with van der Waals surface area (Å²) in [5.74, 6) is -1.56. The number of aromatic amines is 1. The van der Waals surface area contributed by atoms with Crippen molar-refractivity contribution in [3.8, 4) is 0 Å². The number of carboxylic acid groups (broad SMARTS) is 1. The SMILES string of the molecule is O=C(O)CC(=O)NCCc1ccc[nH]1. The van der Waals surface area contributed by atoms with Gasteiger partial charge in [0.05, 0.1) is 0 Å². The fourth-order valence-corrected chi connectivity index (χ4v) is 1.06. The predicted molar refractivity (Wildman–Crippen MR) is 49.8 cm³/mol. The van der Waals surface area contributed by atoms with Crippen molar-refractivity contribution in [3.05, 3.63) is 24.0 Å². The highest BCUT2D eigenvalue weighted by Crippen LogP contribution is 1.93. The quantitative estimate of drug-likeness (QED) is 0.586. The number of aliphatic carboxylic acids is 1. The van der Waals surface area contributed by atoms with Gasteiger partial charge in [-0.2, -0.15) is 0 Å². The van der Waals surface area contributed by atoms with Crippen molar-refractivity contribution in [1.29, 1.82) is 0 Å². The molecule has 1 aromatic heterocycles. The summed E-state index contributed by atoms with van der Waals surface area (Å²) in [6.45, 7) is 0.451. The minimum absolute atomic E-state index is 0.451. The molecule has 0 spiro atoms. The maximum absolute atomic E-state index is 10.9. The minimum atomic E-state index is -1.11. The Labute approximate surface area is 81.1 Å². The van der Waals surface area contributed by atoms with Crippen LogP contribution in [0, 0.1) is 0 Å². The Morgan fingerprint density at radius 1 is 1.50 bits per heavy atom. The number of nitrogens with one attached hydrogen (secondary N) is 2. The Morgan fingerprint density at radius 3 is 2.86 bits per heavy atom. The van der Waals surface area contributed by atoms with E-state index in [1.807, 2.05) is 12.1 Å². The molecular formula is C9H12N2O3. The Morgan fingerprint density at radius 2 is 2.29 bits per heavy atom. The van der Waals surface area contributed by atoms with Gasteiger partial charge in [-0.15, -0.1) is 0 Å². The van der Waals surface area contributed by atoms with E-state index in [4.69, 9.17) is 5.11 Å². The van der Waals surface area contributed by atoms with Crippen molar-refractivity contribution < 1.29 is 14.7 Å². The van der Waals surface area contributed by atoms with Gasteiger partial charge in [-0.1, -0.05) is 0 Å². The molecule has 1 amide bonds. The monoisotopic (exact) mass is 196 g/mol. The van der Waals surface area contributed by atoms with Gasteiger partial charge in [0.25, 0.3) is 0 Å². The van der Waals surface area contributed by atoms with Gasteiger partial charge < -0.3 is 15.4 Å². The summed E-state index contributed by atoms with van der Waals surface area (Å²) in [4.78, 5) is 24.0. The topological polar surface area (TPSA) is 82.2 Å². The molecule has 0 unspecified atom stereocenters. The number of hydrogen-bond donors (Lipinski definition) is 3. The molecule has 1 rings (SSSR count). The van der Waals surface area contributed by atoms with Crippen LogP contribution in [-0.4, -0.2) is 28.5 Å². The molecule has 76 valence electrons. The summed E-state index contributed by atoms with van der Waals surface area (Å²) >= 11 is 0. The highest BCUT2D eigenvalue weighted by Gasteiger charge is 2.05. The van der Waals surface area contributed by atoms with Crippen LogP contribution in [-0.2, 0) is 16.0 Å². The molecule has 1 aromatic rings. The minimum Gasteiger partial charge on any atom is -0.481 e. The first kappa shape index (κ1) is 10.3. The zero-order chi connectivity index (χ0) is 10.4. The first-order valence-corrected chi connectivity index (χ1v) is 4.29. The molecule has 5 heteroatoms. The second kappa shape index (κ2) is 5.06. The molecule has 0 saturated carbocycles. The van der Waals surface area contributed by atoms with E-state index >= 15 is 0 Å². The summed E-state index contributed by atoms with van der Waals surface area (Å²) in [6, 6.07) is 3.78. The van der Waals surface area contributed by atoms with E-state index in [9.17, 15) is 9.59 Å². The van der Waals surface area contributed by atoms with Crippen LogP contribution in [0.15, 0.2) is 18.3 Å². The number of amides is 1. The molecule has 0 aliphatic rings. The van der Waals surface area contributed by atoms with Gasteiger partial charge in [-0.25, -0.2) is 0 Å². The van der Waals surface area contributed by atoms with Crippen LogP contribution in [0.25, 0.3) is 0 Å². The molecule has 0 fully saturated rings. The number of rotatable bonds is 5. The van der Waals surface area contributed by atoms with Crippen LogP contribution in [0.2, 0.25) is 0 Å². The number of carbonyl (C=O) groups is 2. The Hall–Kier alpha value is -1.78. The Balaban J connectivity index is 2.15. The molecule has 5 nitrogen and oxygen atoms in total. The van der Waals surface area contributed by atoms with Crippen molar-refractivity contribution in [3.63, 3.8) is 0 Å². The number of H-pyrrole nitrogens is 1. The Bertz CT molecular complexity index is 306. The van der Waals surface area contributed by atoms with Crippen molar-refractivity contribution in [1.82, 2.24) is 10.3 Å². The number of aromatic nitrogens is 1. The van der Waals surface area contributed by atoms with E-state index in [0.717, 1.165) is 5.69 Å². The van der Waals surface area contributed by atoms with Crippen molar-refractivity contribution in [2.45, 2.75) is 12.8 Å². The zero-order valence-corrected chi connectivity index (χ0v) is 7.62.